The van der Waals surface area contributed by atoms with Gasteiger partial charge >= 0.3 is 0 Å². The Morgan fingerprint density at radius 3 is 2.70 bits per heavy atom. The van der Waals surface area contributed by atoms with E-state index < -0.39 is 0 Å². The maximum absolute atomic E-state index is 12.0. The maximum Gasteiger partial charge on any atom is 0.220 e. The van der Waals surface area contributed by atoms with Gasteiger partial charge in [0.1, 0.15) is 0 Å². The second kappa shape index (κ2) is 8.63. The number of hydrogen-bond donors (Lipinski definition) is 2. The molecule has 4 heteroatoms. The van der Waals surface area contributed by atoms with Gasteiger partial charge in [-0.05, 0) is 51.6 Å². The molecule has 0 aromatic rings. The van der Waals surface area contributed by atoms with Crippen molar-refractivity contribution in [2.24, 2.45) is 0 Å². The predicted molar refractivity (Wildman–Crippen MR) is 82.8 cm³/mol. The van der Waals surface area contributed by atoms with Crippen LogP contribution in [0.1, 0.15) is 58.3 Å². The Bertz CT molecular complexity index is 281. The molecule has 0 aromatic heterocycles. The number of hydrogen-bond acceptors (Lipinski definition) is 3. The lowest BCUT2D eigenvalue weighted by Crippen LogP contribution is -2.45. The molecular weight excluding hydrogens is 250 g/mol. The first-order valence-corrected chi connectivity index (χ1v) is 8.53. The molecule has 2 fully saturated rings. The Labute approximate surface area is 123 Å². The number of nitrogens with zero attached hydrogens (tertiary/aromatic N) is 1. The fourth-order valence-electron chi connectivity index (χ4n) is 3.39. The Hall–Kier alpha value is -0.610. The predicted octanol–water partition coefficient (Wildman–Crippen LogP) is 1.90. The van der Waals surface area contributed by atoms with E-state index in [1.807, 2.05) is 0 Å². The van der Waals surface area contributed by atoms with E-state index in [-0.39, 0.29) is 5.91 Å². The standard InChI is InChI=1S/C16H31N3O/c1-2-11-19-12-8-15(9-13-19)18-16(20)7-6-14-5-3-4-10-17-14/h14-15,17H,2-13H2,1H3,(H,18,20). The van der Waals surface area contributed by atoms with Gasteiger partial charge in [-0.2, -0.15) is 0 Å². The van der Waals surface area contributed by atoms with Crippen LogP contribution in [0.4, 0.5) is 0 Å². The van der Waals surface area contributed by atoms with Crippen LogP contribution in [0, 0.1) is 0 Å². The average molecular weight is 281 g/mol. The zero-order valence-corrected chi connectivity index (χ0v) is 13.0. The molecule has 4 nitrogen and oxygen atoms in total. The second-order valence-electron chi connectivity index (χ2n) is 6.37. The van der Waals surface area contributed by atoms with Gasteiger partial charge in [0.15, 0.2) is 0 Å². The molecular formula is C16H31N3O. The van der Waals surface area contributed by atoms with Crippen molar-refractivity contribution in [3.8, 4) is 0 Å². The van der Waals surface area contributed by atoms with E-state index in [4.69, 9.17) is 0 Å². The molecule has 0 aromatic carbocycles. The number of piperidine rings is 2. The number of carbonyl (C=O) groups is 1. The topological polar surface area (TPSA) is 44.4 Å². The van der Waals surface area contributed by atoms with Crippen molar-refractivity contribution in [3.05, 3.63) is 0 Å². The van der Waals surface area contributed by atoms with Crippen molar-refractivity contribution < 1.29 is 4.79 Å². The van der Waals surface area contributed by atoms with Crippen molar-refractivity contribution in [1.82, 2.24) is 15.5 Å². The maximum atomic E-state index is 12.0. The van der Waals surface area contributed by atoms with Gasteiger partial charge in [0.25, 0.3) is 0 Å². The largest absolute Gasteiger partial charge is 0.353 e. The summed E-state index contributed by atoms with van der Waals surface area (Å²) in [6.07, 6.45) is 9.00. The van der Waals surface area contributed by atoms with E-state index in [9.17, 15) is 4.79 Å². The van der Waals surface area contributed by atoms with E-state index >= 15 is 0 Å². The van der Waals surface area contributed by atoms with Crippen LogP contribution in [0.15, 0.2) is 0 Å². The molecule has 20 heavy (non-hydrogen) atoms. The lowest BCUT2D eigenvalue weighted by molar-refractivity contribution is -0.122. The number of rotatable bonds is 6. The van der Waals surface area contributed by atoms with Crippen molar-refractivity contribution >= 4 is 5.91 Å². The Balaban J connectivity index is 1.57. The summed E-state index contributed by atoms with van der Waals surface area (Å²) in [5.41, 5.74) is 0. The minimum absolute atomic E-state index is 0.256. The summed E-state index contributed by atoms with van der Waals surface area (Å²) in [4.78, 5) is 14.5. The molecule has 1 amide bonds. The zero-order valence-electron chi connectivity index (χ0n) is 13.0. The number of likely N-dealkylation sites (tertiary alicyclic amines) is 1. The quantitative estimate of drug-likeness (QED) is 0.781. The number of nitrogens with one attached hydrogen (secondary N) is 2. The summed E-state index contributed by atoms with van der Waals surface area (Å²) in [7, 11) is 0. The third kappa shape index (κ3) is 5.41. The highest BCUT2D eigenvalue weighted by Gasteiger charge is 2.20. The molecule has 0 saturated carbocycles. The molecule has 1 atom stereocenters. The molecule has 116 valence electrons. The molecule has 2 rings (SSSR count). The van der Waals surface area contributed by atoms with Crippen LogP contribution in [-0.2, 0) is 4.79 Å². The lowest BCUT2D eigenvalue weighted by atomic mass is 10.00. The number of amides is 1. The van der Waals surface area contributed by atoms with Gasteiger partial charge in [0.2, 0.25) is 5.91 Å². The summed E-state index contributed by atoms with van der Waals surface area (Å²) in [5.74, 6) is 0.256. The lowest BCUT2D eigenvalue weighted by Gasteiger charge is -2.32. The normalized spacial score (nSPS) is 25.6. The van der Waals surface area contributed by atoms with Gasteiger partial charge in [-0.3, -0.25) is 4.79 Å². The van der Waals surface area contributed by atoms with Crippen LogP contribution in [0.5, 0.6) is 0 Å². The Morgan fingerprint density at radius 2 is 2.05 bits per heavy atom. The molecule has 1 unspecified atom stereocenters. The van der Waals surface area contributed by atoms with Crippen LogP contribution < -0.4 is 10.6 Å². The highest BCUT2D eigenvalue weighted by atomic mass is 16.1. The van der Waals surface area contributed by atoms with Crippen molar-refractivity contribution in [1.29, 1.82) is 0 Å². The summed E-state index contributed by atoms with van der Waals surface area (Å²) in [6, 6.07) is 0.982. The molecule has 0 spiro atoms. The van der Waals surface area contributed by atoms with Gasteiger partial charge < -0.3 is 15.5 Å². The molecule has 2 aliphatic heterocycles. The van der Waals surface area contributed by atoms with Crippen LogP contribution >= 0.6 is 0 Å². The van der Waals surface area contributed by atoms with Crippen LogP contribution in [0.25, 0.3) is 0 Å². The van der Waals surface area contributed by atoms with E-state index in [2.05, 4.69) is 22.5 Å². The number of carbonyl (C=O) groups excluding carboxylic acids is 1. The zero-order chi connectivity index (χ0) is 14.2. The van der Waals surface area contributed by atoms with Crippen molar-refractivity contribution in [2.75, 3.05) is 26.2 Å². The fraction of sp³-hybridized carbons (Fsp3) is 0.938. The first-order valence-electron chi connectivity index (χ1n) is 8.53. The molecule has 2 aliphatic rings. The van der Waals surface area contributed by atoms with Gasteiger partial charge in [-0.25, -0.2) is 0 Å². The average Bonchev–Trinajstić information content (AvgIpc) is 2.49. The molecule has 2 saturated heterocycles. The summed E-state index contributed by atoms with van der Waals surface area (Å²) >= 11 is 0. The Kier molecular flexibility index (Phi) is 6.80. The smallest absolute Gasteiger partial charge is 0.220 e. The summed E-state index contributed by atoms with van der Waals surface area (Å²) < 4.78 is 0. The summed E-state index contributed by atoms with van der Waals surface area (Å²) in [5, 5.41) is 6.74. The van der Waals surface area contributed by atoms with Crippen LogP contribution in [-0.4, -0.2) is 49.1 Å². The third-order valence-electron chi connectivity index (χ3n) is 4.62. The van der Waals surface area contributed by atoms with E-state index in [1.165, 1.54) is 32.2 Å². The minimum atomic E-state index is 0.256. The first kappa shape index (κ1) is 15.8. The first-order chi connectivity index (χ1) is 9.78. The third-order valence-corrected chi connectivity index (χ3v) is 4.62. The Morgan fingerprint density at radius 1 is 1.25 bits per heavy atom. The van der Waals surface area contributed by atoms with Gasteiger partial charge in [-0.15, -0.1) is 0 Å². The van der Waals surface area contributed by atoms with E-state index in [0.717, 1.165) is 38.9 Å². The van der Waals surface area contributed by atoms with Crippen molar-refractivity contribution in [3.63, 3.8) is 0 Å². The molecule has 2 heterocycles. The highest BCUT2D eigenvalue weighted by molar-refractivity contribution is 5.76. The summed E-state index contributed by atoms with van der Waals surface area (Å²) in [6.45, 7) is 6.84. The van der Waals surface area contributed by atoms with Crippen molar-refractivity contribution in [2.45, 2.75) is 70.4 Å². The molecule has 2 N–H and O–H groups in total. The fourth-order valence-corrected chi connectivity index (χ4v) is 3.39. The van der Waals surface area contributed by atoms with Gasteiger partial charge in [-0.1, -0.05) is 13.3 Å². The monoisotopic (exact) mass is 281 g/mol. The highest BCUT2D eigenvalue weighted by Crippen LogP contribution is 2.13. The molecule has 0 aliphatic carbocycles. The van der Waals surface area contributed by atoms with E-state index in [0.29, 0.717) is 18.5 Å². The second-order valence-corrected chi connectivity index (χ2v) is 6.37. The SMILES string of the molecule is CCCN1CCC(NC(=O)CCC2CCCCN2)CC1. The van der Waals surface area contributed by atoms with Gasteiger partial charge in [0, 0.05) is 31.6 Å². The minimum Gasteiger partial charge on any atom is -0.353 e. The molecule has 0 radical (unpaired) electrons. The van der Waals surface area contributed by atoms with Crippen LogP contribution in [0.2, 0.25) is 0 Å². The van der Waals surface area contributed by atoms with E-state index in [1.54, 1.807) is 0 Å². The molecule has 0 bridgehead atoms. The van der Waals surface area contributed by atoms with Gasteiger partial charge in [0.05, 0.1) is 0 Å². The van der Waals surface area contributed by atoms with Crippen LogP contribution in [0.3, 0.4) is 0 Å².